The van der Waals surface area contributed by atoms with Crippen LogP contribution in [0, 0.1) is 0 Å². The van der Waals surface area contributed by atoms with Crippen molar-refractivity contribution in [3.8, 4) is 0 Å². The van der Waals surface area contributed by atoms with Crippen molar-refractivity contribution in [3.05, 3.63) is 34.6 Å². The minimum Gasteiger partial charge on any atom is -0.341 e. The van der Waals surface area contributed by atoms with Crippen molar-refractivity contribution in [2.24, 2.45) is 0 Å². The Kier molecular flexibility index (Phi) is 3.14. The zero-order chi connectivity index (χ0) is 13.4. The Hall–Kier alpha value is -1.63. The monoisotopic (exact) mass is 323 g/mol. The first-order valence-corrected chi connectivity index (χ1v) is 6.98. The van der Waals surface area contributed by atoms with Gasteiger partial charge in [-0.15, -0.1) is 0 Å². The van der Waals surface area contributed by atoms with Crippen LogP contribution in [0.3, 0.4) is 0 Å². The molecule has 7 heteroatoms. The van der Waals surface area contributed by atoms with Crippen molar-refractivity contribution in [2.75, 3.05) is 0 Å². The largest absolute Gasteiger partial charge is 0.341 e. The zero-order valence-electron chi connectivity index (χ0n) is 10.4. The van der Waals surface area contributed by atoms with E-state index in [9.17, 15) is 4.79 Å². The van der Waals surface area contributed by atoms with Crippen LogP contribution in [0.1, 0.15) is 48.2 Å². The average molecular weight is 324 g/mol. The maximum atomic E-state index is 12.3. The second-order valence-corrected chi connectivity index (χ2v) is 5.66. The van der Waals surface area contributed by atoms with Crippen LogP contribution in [-0.2, 0) is 0 Å². The van der Waals surface area contributed by atoms with Crippen molar-refractivity contribution in [3.63, 3.8) is 0 Å². The lowest BCUT2D eigenvalue weighted by Crippen LogP contribution is -2.29. The molecule has 2 aromatic heterocycles. The lowest BCUT2D eigenvalue weighted by atomic mass is 10.3. The molecule has 1 aliphatic rings. The van der Waals surface area contributed by atoms with E-state index in [1.165, 1.54) is 6.33 Å². The fourth-order valence-electron chi connectivity index (χ4n) is 2.04. The number of nitrogens with one attached hydrogen (secondary N) is 2. The third-order valence-electron chi connectivity index (χ3n) is 3.18. The summed E-state index contributed by atoms with van der Waals surface area (Å²) in [4.78, 5) is 16.3. The second-order valence-electron chi connectivity index (χ2n) is 4.75. The summed E-state index contributed by atoms with van der Waals surface area (Å²) in [7, 11) is 0. The van der Waals surface area contributed by atoms with Gasteiger partial charge >= 0.3 is 0 Å². The van der Waals surface area contributed by atoms with E-state index in [0.717, 1.165) is 17.3 Å². The minimum absolute atomic E-state index is 0.0958. The van der Waals surface area contributed by atoms with Crippen molar-refractivity contribution >= 4 is 21.8 Å². The fraction of sp³-hybridized carbons (Fsp3) is 0.417. The Morgan fingerprint density at radius 1 is 1.63 bits per heavy atom. The summed E-state index contributed by atoms with van der Waals surface area (Å²) in [5.74, 6) is 0.554. The standard InChI is InChI=1S/C12H14BrN5O/c1-7(11-14-6-15-17-11)16-12(19)10-4-8(13)5-18(10)9-2-3-9/h4-7,9H,2-3H2,1H3,(H,16,19)(H,14,15,17). The lowest BCUT2D eigenvalue weighted by Gasteiger charge is -2.12. The number of hydrogen-bond acceptors (Lipinski definition) is 3. The molecule has 0 spiro atoms. The Bertz CT molecular complexity index is 587. The molecule has 0 aliphatic heterocycles. The minimum atomic E-state index is -0.198. The average Bonchev–Trinajstić information content (AvgIpc) is 2.91. The van der Waals surface area contributed by atoms with E-state index in [4.69, 9.17) is 0 Å². The molecule has 19 heavy (non-hydrogen) atoms. The number of rotatable bonds is 4. The SMILES string of the molecule is CC(NC(=O)c1cc(Br)cn1C1CC1)c1ncn[nH]1. The number of hydrogen-bond donors (Lipinski definition) is 2. The predicted octanol–water partition coefficient (Wildman–Crippen LogP) is 2.19. The molecule has 1 fully saturated rings. The molecule has 2 heterocycles. The molecule has 1 unspecified atom stereocenters. The van der Waals surface area contributed by atoms with E-state index in [1.54, 1.807) is 0 Å². The fourth-order valence-corrected chi connectivity index (χ4v) is 2.48. The van der Waals surface area contributed by atoms with Gasteiger partial charge in [-0.05, 0) is 41.8 Å². The highest BCUT2D eigenvalue weighted by atomic mass is 79.9. The van der Waals surface area contributed by atoms with Crippen LogP contribution in [-0.4, -0.2) is 25.7 Å². The summed E-state index contributed by atoms with van der Waals surface area (Å²) < 4.78 is 2.96. The van der Waals surface area contributed by atoms with Gasteiger partial charge in [0.1, 0.15) is 17.8 Å². The van der Waals surface area contributed by atoms with Gasteiger partial charge in [-0.3, -0.25) is 9.89 Å². The zero-order valence-corrected chi connectivity index (χ0v) is 12.0. The summed E-state index contributed by atoms with van der Waals surface area (Å²) in [6.07, 6.45) is 5.67. The van der Waals surface area contributed by atoms with Crippen LogP contribution in [0.15, 0.2) is 23.1 Å². The van der Waals surface area contributed by atoms with Crippen molar-refractivity contribution in [2.45, 2.75) is 31.8 Å². The van der Waals surface area contributed by atoms with Crippen LogP contribution < -0.4 is 5.32 Å². The number of H-pyrrole nitrogens is 1. The molecular formula is C12H14BrN5O. The van der Waals surface area contributed by atoms with Gasteiger partial charge in [-0.2, -0.15) is 5.10 Å². The molecule has 1 amide bonds. The Morgan fingerprint density at radius 2 is 2.42 bits per heavy atom. The molecule has 0 aromatic carbocycles. The molecule has 3 rings (SSSR count). The van der Waals surface area contributed by atoms with Crippen LogP contribution in [0.25, 0.3) is 0 Å². The van der Waals surface area contributed by atoms with Crippen molar-refractivity contribution in [1.29, 1.82) is 0 Å². The molecule has 0 bridgehead atoms. The molecule has 2 N–H and O–H groups in total. The van der Waals surface area contributed by atoms with E-state index >= 15 is 0 Å². The van der Waals surface area contributed by atoms with E-state index < -0.39 is 0 Å². The Morgan fingerprint density at radius 3 is 3.05 bits per heavy atom. The van der Waals surface area contributed by atoms with Gasteiger partial charge in [-0.1, -0.05) is 0 Å². The van der Waals surface area contributed by atoms with E-state index in [0.29, 0.717) is 17.6 Å². The summed E-state index contributed by atoms with van der Waals surface area (Å²) in [5, 5.41) is 9.46. The van der Waals surface area contributed by atoms with Gasteiger partial charge < -0.3 is 9.88 Å². The molecule has 1 atom stereocenters. The van der Waals surface area contributed by atoms with Crippen LogP contribution in [0.2, 0.25) is 0 Å². The molecule has 2 aromatic rings. The van der Waals surface area contributed by atoms with E-state index in [1.807, 2.05) is 23.8 Å². The number of aromatic amines is 1. The van der Waals surface area contributed by atoms with Gasteiger partial charge in [0.2, 0.25) is 0 Å². The molecule has 100 valence electrons. The molecule has 0 radical (unpaired) electrons. The van der Waals surface area contributed by atoms with Crippen LogP contribution in [0.5, 0.6) is 0 Å². The maximum Gasteiger partial charge on any atom is 0.268 e. The third kappa shape index (κ3) is 2.56. The molecule has 1 saturated carbocycles. The molecule has 0 saturated heterocycles. The Labute approximate surface area is 118 Å². The summed E-state index contributed by atoms with van der Waals surface area (Å²) in [6.45, 7) is 1.87. The quantitative estimate of drug-likeness (QED) is 0.905. The number of nitrogens with zero attached hydrogens (tertiary/aromatic N) is 3. The van der Waals surface area contributed by atoms with Gasteiger partial charge in [0.05, 0.1) is 6.04 Å². The molecule has 6 nitrogen and oxygen atoms in total. The van der Waals surface area contributed by atoms with Gasteiger partial charge in [-0.25, -0.2) is 4.98 Å². The predicted molar refractivity (Wildman–Crippen MR) is 72.7 cm³/mol. The first-order chi connectivity index (χ1) is 9.15. The second kappa shape index (κ2) is 4.80. The number of carbonyl (C=O) groups excluding carboxylic acids is 1. The van der Waals surface area contributed by atoms with E-state index in [-0.39, 0.29) is 11.9 Å². The summed E-state index contributed by atoms with van der Waals surface area (Å²) in [6, 6.07) is 2.12. The Balaban J connectivity index is 1.77. The van der Waals surface area contributed by atoms with E-state index in [2.05, 4.69) is 36.4 Å². The molecular weight excluding hydrogens is 310 g/mol. The number of amides is 1. The van der Waals surface area contributed by atoms with Crippen molar-refractivity contribution in [1.82, 2.24) is 25.1 Å². The highest BCUT2D eigenvalue weighted by Crippen LogP contribution is 2.37. The normalized spacial score (nSPS) is 16.3. The first-order valence-electron chi connectivity index (χ1n) is 6.18. The van der Waals surface area contributed by atoms with Crippen LogP contribution in [0.4, 0.5) is 0 Å². The summed E-state index contributed by atoms with van der Waals surface area (Å²) >= 11 is 3.42. The molecule has 1 aliphatic carbocycles. The van der Waals surface area contributed by atoms with Gasteiger partial charge in [0, 0.05) is 16.7 Å². The van der Waals surface area contributed by atoms with Crippen molar-refractivity contribution < 1.29 is 4.79 Å². The van der Waals surface area contributed by atoms with Crippen LogP contribution >= 0.6 is 15.9 Å². The number of halogens is 1. The highest BCUT2D eigenvalue weighted by Gasteiger charge is 2.28. The summed E-state index contributed by atoms with van der Waals surface area (Å²) in [5.41, 5.74) is 0.681. The lowest BCUT2D eigenvalue weighted by molar-refractivity contribution is 0.0928. The van der Waals surface area contributed by atoms with Gasteiger partial charge in [0.25, 0.3) is 5.91 Å². The van der Waals surface area contributed by atoms with Gasteiger partial charge in [0.15, 0.2) is 0 Å². The number of carbonyl (C=O) groups is 1. The first kappa shape index (κ1) is 12.4. The third-order valence-corrected chi connectivity index (χ3v) is 3.61. The highest BCUT2D eigenvalue weighted by molar-refractivity contribution is 9.10. The number of aromatic nitrogens is 4. The smallest absolute Gasteiger partial charge is 0.268 e. The maximum absolute atomic E-state index is 12.3. The topological polar surface area (TPSA) is 75.6 Å².